The van der Waals surface area contributed by atoms with Crippen molar-refractivity contribution in [1.82, 2.24) is 24.9 Å². The molecule has 0 spiro atoms. The van der Waals surface area contributed by atoms with Gasteiger partial charge < -0.3 is 39.0 Å². The quantitative estimate of drug-likeness (QED) is 0.367. The summed E-state index contributed by atoms with van der Waals surface area (Å²) in [6.45, 7) is 17.3. The highest BCUT2D eigenvalue weighted by molar-refractivity contribution is 5.95. The van der Waals surface area contributed by atoms with E-state index in [1.165, 1.54) is 10.6 Å². The largest absolute Gasteiger partial charge is 0.464 e. The SMILES string of the molecule is CCn1c(-c2cc(N3CCN4CCOC[C@@H]4C3)cnc2[C@H](C)OC)c2c3cc(ccc31)N1CCO[C@@H](C[C@H](N)C(=O)N3CCC[C@H](N3)C(=O)OCC(C)(C)C2)C1. The highest BCUT2D eigenvalue weighted by Crippen LogP contribution is 2.43. The smallest absolute Gasteiger partial charge is 0.324 e. The number of aryl methyl sites for hydroxylation is 1. The Morgan fingerprint density at radius 1 is 1.05 bits per heavy atom. The van der Waals surface area contributed by atoms with Gasteiger partial charge in [-0.3, -0.25) is 24.5 Å². The number of nitrogens with zero attached hydrogens (tertiary/aromatic N) is 6. The summed E-state index contributed by atoms with van der Waals surface area (Å²) in [6.07, 6.45) is 3.85. The molecule has 4 saturated heterocycles. The van der Waals surface area contributed by atoms with Crippen LogP contribution in [0.5, 0.6) is 0 Å². The van der Waals surface area contributed by atoms with Crippen molar-refractivity contribution < 1.29 is 28.5 Å². The fraction of sp³-hybridized carbons (Fsp3) is 0.643. The van der Waals surface area contributed by atoms with Crippen molar-refractivity contribution in [3.8, 4) is 11.3 Å². The van der Waals surface area contributed by atoms with Crippen LogP contribution in [0.3, 0.4) is 0 Å². The molecular formula is C42H60N8O6. The molecule has 5 aliphatic heterocycles. The first-order valence-corrected chi connectivity index (χ1v) is 20.6. The van der Waals surface area contributed by atoms with Gasteiger partial charge in [0.25, 0.3) is 5.91 Å². The van der Waals surface area contributed by atoms with Crippen molar-refractivity contribution >= 4 is 34.2 Å². The molecular weight excluding hydrogens is 713 g/mol. The van der Waals surface area contributed by atoms with Crippen molar-refractivity contribution in [3.63, 3.8) is 0 Å². The lowest BCUT2D eigenvalue weighted by Gasteiger charge is -2.44. The van der Waals surface area contributed by atoms with Gasteiger partial charge in [-0.1, -0.05) is 13.8 Å². The van der Waals surface area contributed by atoms with Gasteiger partial charge in [0, 0.05) is 87.0 Å². The molecule has 14 heteroatoms. The Kier molecular flexibility index (Phi) is 11.3. The molecule has 1 amide bonds. The third-order valence-electron chi connectivity index (χ3n) is 12.5. The molecule has 3 aromatic rings. The standard InChI is InChI=1S/C42H60N8O6/c1-6-49-37-10-9-28-18-32(37)34(39(49)33-19-29(22-44-38(33)27(2)53-5)47-13-12-46-14-16-54-25-30(46)23-47)21-42(3,4)26-56-41(52)36-8-7-11-50(45-36)40(51)35(43)20-31-24-48(28)15-17-55-31/h9-10,18-19,22,27,30-31,35-36,45H,6-8,11-17,20-21,23-26,43H2,1-5H3/t27-,30-,31-,35-,36-/m0/s1. The predicted octanol–water partition coefficient (Wildman–Crippen LogP) is 3.50. The first-order chi connectivity index (χ1) is 27.0. The average Bonchev–Trinajstić information content (AvgIpc) is 3.52. The van der Waals surface area contributed by atoms with E-state index in [4.69, 9.17) is 29.7 Å². The van der Waals surface area contributed by atoms with Gasteiger partial charge in [0.1, 0.15) is 6.04 Å². The zero-order chi connectivity index (χ0) is 39.1. The maximum Gasteiger partial charge on any atom is 0.324 e. The van der Waals surface area contributed by atoms with Crippen LogP contribution in [0.2, 0.25) is 0 Å². The van der Waals surface area contributed by atoms with Crippen LogP contribution in [0, 0.1) is 5.41 Å². The number of hydrogen-bond donors (Lipinski definition) is 2. The Bertz CT molecular complexity index is 1920. The summed E-state index contributed by atoms with van der Waals surface area (Å²) in [5.74, 6) is -0.582. The number of carbonyl (C=O) groups is 2. The normalized spacial score (nSPS) is 27.1. The summed E-state index contributed by atoms with van der Waals surface area (Å²) in [4.78, 5) is 39.6. The third kappa shape index (κ3) is 7.76. The first kappa shape index (κ1) is 39.1. The number of nitrogens with two attached hydrogens (primary N) is 1. The van der Waals surface area contributed by atoms with Gasteiger partial charge >= 0.3 is 5.97 Å². The van der Waals surface area contributed by atoms with E-state index >= 15 is 0 Å². The molecule has 56 heavy (non-hydrogen) atoms. The van der Waals surface area contributed by atoms with Crippen molar-refractivity contribution in [1.29, 1.82) is 0 Å². The molecule has 0 radical (unpaired) electrons. The Labute approximate surface area is 330 Å². The fourth-order valence-corrected chi connectivity index (χ4v) is 9.36. The van der Waals surface area contributed by atoms with Gasteiger partial charge in [-0.15, -0.1) is 0 Å². The monoisotopic (exact) mass is 772 g/mol. The molecule has 3 N–H and O–H groups in total. The van der Waals surface area contributed by atoms with E-state index in [0.717, 1.165) is 91.7 Å². The number of anilines is 2. The van der Waals surface area contributed by atoms with Gasteiger partial charge in [-0.25, -0.2) is 5.43 Å². The second-order valence-electron chi connectivity index (χ2n) is 17.0. The predicted molar refractivity (Wildman–Crippen MR) is 216 cm³/mol. The molecule has 7 heterocycles. The van der Waals surface area contributed by atoms with Crippen LogP contribution in [-0.4, -0.2) is 135 Å². The van der Waals surface area contributed by atoms with E-state index in [1.54, 1.807) is 7.11 Å². The molecule has 0 saturated carbocycles. The van der Waals surface area contributed by atoms with Gasteiger partial charge in [0.05, 0.1) is 74.0 Å². The van der Waals surface area contributed by atoms with Crippen LogP contribution in [-0.2, 0) is 41.5 Å². The minimum Gasteiger partial charge on any atom is -0.464 e. The van der Waals surface area contributed by atoms with Gasteiger partial charge in [-0.05, 0) is 69.4 Å². The molecule has 0 aliphatic carbocycles. The lowest BCUT2D eigenvalue weighted by atomic mass is 9.84. The molecule has 304 valence electrons. The van der Waals surface area contributed by atoms with Crippen molar-refractivity contribution in [2.45, 2.75) is 90.3 Å². The number of fused-ring (bicyclic) bond motifs is 7. The maximum atomic E-state index is 13.6. The molecule has 2 aromatic heterocycles. The Morgan fingerprint density at radius 3 is 2.71 bits per heavy atom. The molecule has 5 atom stereocenters. The number of hydrogen-bond acceptors (Lipinski definition) is 12. The van der Waals surface area contributed by atoms with E-state index in [1.807, 2.05) is 6.20 Å². The van der Waals surface area contributed by atoms with E-state index in [2.05, 4.69) is 76.7 Å². The highest BCUT2D eigenvalue weighted by Gasteiger charge is 2.36. The van der Waals surface area contributed by atoms with Crippen molar-refractivity contribution in [2.24, 2.45) is 11.1 Å². The molecule has 1 aromatic carbocycles. The zero-order valence-corrected chi connectivity index (χ0v) is 33.8. The summed E-state index contributed by atoms with van der Waals surface area (Å²) in [5, 5.41) is 2.67. The van der Waals surface area contributed by atoms with E-state index < -0.39 is 17.5 Å². The minimum atomic E-state index is -0.761. The summed E-state index contributed by atoms with van der Waals surface area (Å²) in [7, 11) is 1.74. The van der Waals surface area contributed by atoms with Crippen molar-refractivity contribution in [3.05, 3.63) is 41.7 Å². The topological polar surface area (TPSA) is 140 Å². The molecule has 0 unspecified atom stereocenters. The lowest BCUT2D eigenvalue weighted by Crippen LogP contribution is -2.59. The zero-order valence-electron chi connectivity index (χ0n) is 33.8. The Morgan fingerprint density at radius 2 is 1.89 bits per heavy atom. The Balaban J connectivity index is 1.25. The maximum absolute atomic E-state index is 13.6. The number of piperazine rings is 1. The lowest BCUT2D eigenvalue weighted by molar-refractivity contribution is -0.155. The molecule has 8 rings (SSSR count). The van der Waals surface area contributed by atoms with E-state index in [9.17, 15) is 9.59 Å². The minimum absolute atomic E-state index is 0.216. The average molecular weight is 773 g/mol. The third-order valence-corrected chi connectivity index (χ3v) is 12.5. The van der Waals surface area contributed by atoms with E-state index in [-0.39, 0.29) is 30.7 Å². The number of methoxy groups -OCH3 is 1. The highest BCUT2D eigenvalue weighted by atomic mass is 16.5. The molecule has 5 aliphatic rings. The summed E-state index contributed by atoms with van der Waals surface area (Å²) < 4.78 is 26.6. The van der Waals surface area contributed by atoms with Crippen LogP contribution < -0.4 is 21.0 Å². The number of carbonyl (C=O) groups excluding carboxylic acids is 2. The van der Waals surface area contributed by atoms with Crippen LogP contribution >= 0.6 is 0 Å². The second-order valence-corrected chi connectivity index (χ2v) is 17.0. The van der Waals surface area contributed by atoms with Gasteiger partial charge in [0.2, 0.25) is 0 Å². The number of nitrogens with one attached hydrogen (secondary N) is 1. The Hall–Kier alpha value is -3.79. The number of aromatic nitrogens is 2. The van der Waals surface area contributed by atoms with E-state index in [0.29, 0.717) is 51.4 Å². The van der Waals surface area contributed by atoms with Crippen LogP contribution in [0.4, 0.5) is 11.4 Å². The van der Waals surface area contributed by atoms with Crippen molar-refractivity contribution in [2.75, 3.05) is 89.2 Å². The summed E-state index contributed by atoms with van der Waals surface area (Å²) >= 11 is 0. The number of amides is 1. The summed E-state index contributed by atoms with van der Waals surface area (Å²) in [6, 6.07) is 8.06. The number of cyclic esters (lactones) is 1. The number of hydrazine groups is 1. The molecule has 6 bridgehead atoms. The number of pyridine rings is 1. The van der Waals surface area contributed by atoms with Gasteiger partial charge in [0.15, 0.2) is 0 Å². The number of morpholine rings is 2. The summed E-state index contributed by atoms with van der Waals surface area (Å²) in [5.41, 5.74) is 16.8. The second kappa shape index (κ2) is 16.2. The van der Waals surface area contributed by atoms with Crippen LogP contribution in [0.1, 0.15) is 64.3 Å². The number of rotatable bonds is 5. The number of benzene rings is 1. The van der Waals surface area contributed by atoms with Crippen LogP contribution in [0.15, 0.2) is 30.5 Å². The van der Waals surface area contributed by atoms with Gasteiger partial charge in [-0.2, -0.15) is 0 Å². The first-order valence-electron chi connectivity index (χ1n) is 20.6. The molecule has 14 nitrogen and oxygen atoms in total. The fourth-order valence-electron chi connectivity index (χ4n) is 9.36. The number of ether oxygens (including phenoxy) is 4. The van der Waals surface area contributed by atoms with Crippen LogP contribution in [0.25, 0.3) is 22.2 Å². The molecule has 4 fully saturated rings. The number of esters is 1.